The molecule has 1 atom stereocenters. The molecule has 1 saturated heterocycles. The summed E-state index contributed by atoms with van der Waals surface area (Å²) in [5.74, 6) is 0.188. The molecule has 0 unspecified atom stereocenters. The lowest BCUT2D eigenvalue weighted by molar-refractivity contribution is -0.384. The van der Waals surface area contributed by atoms with Crippen molar-refractivity contribution in [1.29, 1.82) is 0 Å². The summed E-state index contributed by atoms with van der Waals surface area (Å²) >= 11 is 0. The zero-order chi connectivity index (χ0) is 14.0. The molecule has 19 heavy (non-hydrogen) atoms. The molecule has 0 aromatic heterocycles. The second-order valence-electron chi connectivity index (χ2n) is 4.50. The highest BCUT2D eigenvalue weighted by atomic mass is 32.2. The molecule has 0 amide bonds. The van der Waals surface area contributed by atoms with Crippen molar-refractivity contribution in [3.63, 3.8) is 0 Å². The molecule has 0 aliphatic carbocycles. The highest BCUT2D eigenvalue weighted by molar-refractivity contribution is 7.89. The van der Waals surface area contributed by atoms with Crippen LogP contribution in [0, 0.1) is 16.0 Å². The van der Waals surface area contributed by atoms with Crippen LogP contribution in [0.4, 0.5) is 5.69 Å². The molecule has 1 aromatic carbocycles. The molecule has 104 valence electrons. The van der Waals surface area contributed by atoms with Gasteiger partial charge in [0.25, 0.3) is 5.69 Å². The van der Waals surface area contributed by atoms with Gasteiger partial charge in [0.15, 0.2) is 0 Å². The van der Waals surface area contributed by atoms with Crippen molar-refractivity contribution in [2.24, 2.45) is 11.7 Å². The molecule has 1 aliphatic heterocycles. The molecule has 8 heteroatoms. The van der Waals surface area contributed by atoms with Gasteiger partial charge in [-0.3, -0.25) is 10.1 Å². The van der Waals surface area contributed by atoms with E-state index < -0.39 is 14.9 Å². The van der Waals surface area contributed by atoms with Gasteiger partial charge in [-0.25, -0.2) is 8.42 Å². The molecule has 7 nitrogen and oxygen atoms in total. The van der Waals surface area contributed by atoms with E-state index in [1.54, 1.807) is 0 Å². The van der Waals surface area contributed by atoms with E-state index in [9.17, 15) is 18.5 Å². The maximum Gasteiger partial charge on any atom is 0.269 e. The maximum absolute atomic E-state index is 12.3. The van der Waals surface area contributed by atoms with Crippen LogP contribution in [0.15, 0.2) is 29.2 Å². The summed E-state index contributed by atoms with van der Waals surface area (Å²) in [7, 11) is -3.57. The predicted octanol–water partition coefficient (Wildman–Crippen LogP) is 0.564. The maximum atomic E-state index is 12.3. The highest BCUT2D eigenvalue weighted by Gasteiger charge is 2.31. The lowest BCUT2D eigenvalue weighted by Crippen LogP contribution is -2.30. The van der Waals surface area contributed by atoms with Crippen LogP contribution < -0.4 is 5.73 Å². The van der Waals surface area contributed by atoms with E-state index in [2.05, 4.69) is 0 Å². The number of hydrogen-bond donors (Lipinski definition) is 1. The van der Waals surface area contributed by atoms with Crippen molar-refractivity contribution >= 4 is 15.7 Å². The fourth-order valence-corrected chi connectivity index (χ4v) is 3.63. The highest BCUT2D eigenvalue weighted by Crippen LogP contribution is 2.25. The zero-order valence-corrected chi connectivity index (χ0v) is 11.0. The Balaban J connectivity index is 2.22. The summed E-state index contributed by atoms with van der Waals surface area (Å²) in [6.45, 7) is 1.32. The predicted molar refractivity (Wildman–Crippen MR) is 69.0 cm³/mol. The molecule has 1 aliphatic rings. The van der Waals surface area contributed by atoms with E-state index in [0.29, 0.717) is 19.6 Å². The first-order valence-corrected chi connectivity index (χ1v) is 7.34. The minimum absolute atomic E-state index is 0.0794. The van der Waals surface area contributed by atoms with Gasteiger partial charge in [0.1, 0.15) is 0 Å². The van der Waals surface area contributed by atoms with Gasteiger partial charge < -0.3 is 5.73 Å². The average Bonchev–Trinajstić information content (AvgIpc) is 2.88. The third-order valence-corrected chi connectivity index (χ3v) is 5.15. The zero-order valence-electron chi connectivity index (χ0n) is 10.2. The molecule has 0 bridgehead atoms. The Hall–Kier alpha value is -1.51. The van der Waals surface area contributed by atoms with Gasteiger partial charge in [0, 0.05) is 25.2 Å². The van der Waals surface area contributed by atoms with Crippen molar-refractivity contribution in [1.82, 2.24) is 4.31 Å². The number of nitrogens with zero attached hydrogens (tertiary/aromatic N) is 2. The van der Waals surface area contributed by atoms with Gasteiger partial charge in [0.05, 0.1) is 9.82 Å². The number of nitro benzene ring substituents is 1. The molecule has 0 saturated carbocycles. The number of non-ortho nitro benzene ring substituents is 1. The molecule has 1 heterocycles. The summed E-state index contributed by atoms with van der Waals surface area (Å²) in [6, 6.07) is 4.93. The Morgan fingerprint density at radius 2 is 2.00 bits per heavy atom. The number of nitrogens with two attached hydrogens (primary N) is 1. The number of hydrogen-bond acceptors (Lipinski definition) is 5. The van der Waals surface area contributed by atoms with Crippen LogP contribution in [0.5, 0.6) is 0 Å². The molecule has 1 aromatic rings. The fourth-order valence-electron chi connectivity index (χ4n) is 2.10. The molecular formula is C11H15N3O4S. The summed E-state index contributed by atoms with van der Waals surface area (Å²) in [5, 5.41) is 10.5. The van der Waals surface area contributed by atoms with Gasteiger partial charge in [-0.1, -0.05) is 0 Å². The Morgan fingerprint density at radius 1 is 1.37 bits per heavy atom. The first kappa shape index (κ1) is 13.9. The number of sulfonamides is 1. The lowest BCUT2D eigenvalue weighted by atomic mass is 10.1. The van der Waals surface area contributed by atoms with E-state index in [0.717, 1.165) is 6.42 Å². The molecule has 2 N–H and O–H groups in total. The van der Waals surface area contributed by atoms with E-state index >= 15 is 0 Å². The van der Waals surface area contributed by atoms with Crippen molar-refractivity contribution in [2.45, 2.75) is 11.3 Å². The third-order valence-electron chi connectivity index (χ3n) is 3.27. The van der Waals surface area contributed by atoms with Crippen molar-refractivity contribution < 1.29 is 13.3 Å². The quantitative estimate of drug-likeness (QED) is 0.642. The third kappa shape index (κ3) is 2.75. The standard InChI is InChI=1S/C11H15N3O4S/c12-7-9-5-6-13(8-9)19(17,18)11-3-1-10(2-4-11)14(15)16/h1-4,9H,5-8,12H2/t9-/m0/s1. The van der Waals surface area contributed by atoms with Crippen molar-refractivity contribution in [3.05, 3.63) is 34.4 Å². The molecular weight excluding hydrogens is 270 g/mol. The summed E-state index contributed by atoms with van der Waals surface area (Å²) < 4.78 is 26.0. The monoisotopic (exact) mass is 285 g/mol. The van der Waals surface area contributed by atoms with E-state index in [-0.39, 0.29) is 16.5 Å². The van der Waals surface area contributed by atoms with Crippen LogP contribution in [0.3, 0.4) is 0 Å². The van der Waals surface area contributed by atoms with Gasteiger partial charge in [-0.15, -0.1) is 0 Å². The van der Waals surface area contributed by atoms with Gasteiger partial charge >= 0.3 is 0 Å². The number of rotatable bonds is 4. The first-order valence-electron chi connectivity index (χ1n) is 5.90. The van der Waals surface area contributed by atoms with E-state index in [1.165, 1.54) is 28.6 Å². The van der Waals surface area contributed by atoms with Crippen LogP contribution in [0.1, 0.15) is 6.42 Å². The topological polar surface area (TPSA) is 107 Å². The second-order valence-corrected chi connectivity index (χ2v) is 6.44. The Kier molecular flexibility index (Phi) is 3.83. The minimum atomic E-state index is -3.57. The Bertz CT molecular complexity index is 570. The number of nitro groups is 1. The first-order chi connectivity index (χ1) is 8.95. The lowest BCUT2D eigenvalue weighted by Gasteiger charge is -2.16. The smallest absolute Gasteiger partial charge is 0.269 e. The van der Waals surface area contributed by atoms with Crippen molar-refractivity contribution in [2.75, 3.05) is 19.6 Å². The van der Waals surface area contributed by atoms with Crippen LogP contribution in [-0.2, 0) is 10.0 Å². The van der Waals surface area contributed by atoms with Gasteiger partial charge in [-0.05, 0) is 31.0 Å². The Morgan fingerprint density at radius 3 is 2.47 bits per heavy atom. The van der Waals surface area contributed by atoms with Gasteiger partial charge in [-0.2, -0.15) is 4.31 Å². The van der Waals surface area contributed by atoms with Gasteiger partial charge in [0.2, 0.25) is 10.0 Å². The summed E-state index contributed by atoms with van der Waals surface area (Å²) in [4.78, 5) is 10.1. The Labute approximate surface area is 111 Å². The van der Waals surface area contributed by atoms with Crippen LogP contribution >= 0.6 is 0 Å². The van der Waals surface area contributed by atoms with Crippen molar-refractivity contribution in [3.8, 4) is 0 Å². The average molecular weight is 285 g/mol. The van der Waals surface area contributed by atoms with E-state index in [4.69, 9.17) is 5.73 Å². The normalized spacial score (nSPS) is 20.6. The molecule has 0 radical (unpaired) electrons. The molecule has 1 fully saturated rings. The molecule has 0 spiro atoms. The molecule has 2 rings (SSSR count). The van der Waals surface area contributed by atoms with E-state index in [1.807, 2.05) is 0 Å². The summed E-state index contributed by atoms with van der Waals surface area (Å²) in [6.07, 6.45) is 0.753. The minimum Gasteiger partial charge on any atom is -0.330 e. The second kappa shape index (κ2) is 5.24. The number of benzene rings is 1. The summed E-state index contributed by atoms with van der Waals surface area (Å²) in [5.41, 5.74) is 5.41. The largest absolute Gasteiger partial charge is 0.330 e. The van der Waals surface area contributed by atoms with Crippen LogP contribution in [0.25, 0.3) is 0 Å². The van der Waals surface area contributed by atoms with Crippen LogP contribution in [-0.4, -0.2) is 37.3 Å². The van der Waals surface area contributed by atoms with Crippen LogP contribution in [0.2, 0.25) is 0 Å². The fraction of sp³-hybridized carbons (Fsp3) is 0.455. The SMILES string of the molecule is NC[C@@H]1CCN(S(=O)(=O)c2ccc([N+](=O)[O-])cc2)C1.